The summed E-state index contributed by atoms with van der Waals surface area (Å²) in [5.41, 5.74) is 2.51. The van der Waals surface area contributed by atoms with E-state index in [2.05, 4.69) is 45.1 Å². The predicted molar refractivity (Wildman–Crippen MR) is 95.9 cm³/mol. The molecular weight excluding hydrogens is 326 g/mol. The molecule has 0 bridgehead atoms. The minimum absolute atomic E-state index is 0.768. The molecule has 0 aliphatic carbocycles. The van der Waals surface area contributed by atoms with Crippen molar-refractivity contribution in [3.63, 3.8) is 0 Å². The normalized spacial score (nSPS) is 10.9. The molecule has 0 saturated carbocycles. The van der Waals surface area contributed by atoms with Crippen molar-refractivity contribution < 1.29 is 0 Å². The van der Waals surface area contributed by atoms with Gasteiger partial charge in [-0.2, -0.15) is 0 Å². The Balaban J connectivity index is 1.60. The van der Waals surface area contributed by atoms with Gasteiger partial charge in [0.2, 0.25) is 0 Å². The summed E-state index contributed by atoms with van der Waals surface area (Å²) in [5, 5.41) is 10.3. The second kappa shape index (κ2) is 7.66. The first-order chi connectivity index (χ1) is 11.2. The monoisotopic (exact) mass is 343 g/mol. The average molecular weight is 344 g/mol. The minimum atomic E-state index is 0.768. The third-order valence-electron chi connectivity index (χ3n) is 3.66. The van der Waals surface area contributed by atoms with E-state index >= 15 is 0 Å². The van der Waals surface area contributed by atoms with E-state index in [0.717, 1.165) is 34.6 Å². The Kier molecular flexibility index (Phi) is 5.36. The lowest BCUT2D eigenvalue weighted by Gasteiger charge is -2.04. The van der Waals surface area contributed by atoms with Gasteiger partial charge in [-0.15, -0.1) is 10.2 Å². The second-order valence-corrected chi connectivity index (χ2v) is 6.74. The fraction of sp³-hybridized carbons (Fsp3) is 0.222. The Morgan fingerprint density at radius 1 is 0.957 bits per heavy atom. The van der Waals surface area contributed by atoms with Crippen molar-refractivity contribution in [2.24, 2.45) is 7.05 Å². The van der Waals surface area contributed by atoms with Gasteiger partial charge in [-0.25, -0.2) is 0 Å². The van der Waals surface area contributed by atoms with Crippen molar-refractivity contribution in [1.82, 2.24) is 14.8 Å². The lowest BCUT2D eigenvalue weighted by atomic mass is 10.1. The van der Waals surface area contributed by atoms with E-state index in [0.29, 0.717) is 0 Å². The number of benzene rings is 2. The van der Waals surface area contributed by atoms with Crippen LogP contribution in [-0.2, 0) is 25.6 Å². The Hall–Kier alpha value is -1.78. The number of aryl methyl sites for hydroxylation is 2. The van der Waals surface area contributed by atoms with Crippen LogP contribution in [0.3, 0.4) is 0 Å². The zero-order chi connectivity index (χ0) is 16.1. The summed E-state index contributed by atoms with van der Waals surface area (Å²) in [6.07, 6.45) is 1.87. The summed E-state index contributed by atoms with van der Waals surface area (Å²) in [4.78, 5) is 0. The molecule has 3 rings (SSSR count). The Morgan fingerprint density at radius 2 is 1.74 bits per heavy atom. The summed E-state index contributed by atoms with van der Waals surface area (Å²) in [5.74, 6) is 1.85. The molecule has 0 N–H and O–H groups in total. The molecule has 3 nitrogen and oxygen atoms in total. The fourth-order valence-electron chi connectivity index (χ4n) is 2.36. The van der Waals surface area contributed by atoms with E-state index in [9.17, 15) is 0 Å². The van der Waals surface area contributed by atoms with Gasteiger partial charge in [-0.3, -0.25) is 0 Å². The molecule has 0 unspecified atom stereocenters. The van der Waals surface area contributed by atoms with Gasteiger partial charge >= 0.3 is 0 Å². The van der Waals surface area contributed by atoms with Crippen LogP contribution in [0.5, 0.6) is 0 Å². The van der Waals surface area contributed by atoms with Crippen LogP contribution in [0.4, 0.5) is 0 Å². The van der Waals surface area contributed by atoms with E-state index in [1.165, 1.54) is 11.1 Å². The Morgan fingerprint density at radius 3 is 2.52 bits per heavy atom. The molecule has 2 aromatic carbocycles. The highest BCUT2D eigenvalue weighted by atomic mass is 35.5. The van der Waals surface area contributed by atoms with Crippen molar-refractivity contribution in [3.05, 3.63) is 76.6 Å². The van der Waals surface area contributed by atoms with Crippen LogP contribution < -0.4 is 0 Å². The highest BCUT2D eigenvalue weighted by Crippen LogP contribution is 2.23. The smallest absolute Gasteiger partial charge is 0.191 e. The second-order valence-electron chi connectivity index (χ2n) is 5.36. The van der Waals surface area contributed by atoms with Crippen molar-refractivity contribution in [3.8, 4) is 0 Å². The van der Waals surface area contributed by atoms with Crippen LogP contribution in [0, 0.1) is 0 Å². The molecule has 23 heavy (non-hydrogen) atoms. The van der Waals surface area contributed by atoms with E-state index < -0.39 is 0 Å². The predicted octanol–water partition coefficient (Wildman–Crippen LogP) is 4.55. The number of rotatable bonds is 6. The maximum Gasteiger partial charge on any atom is 0.191 e. The number of hydrogen-bond acceptors (Lipinski definition) is 3. The molecule has 0 atom stereocenters. The standard InChI is InChI=1S/C18H18ClN3S/c1-22-17(11-10-14-6-3-2-4-7-14)20-21-18(22)23-13-15-8-5-9-16(19)12-15/h2-9,12H,10-11,13H2,1H3. The fourth-order valence-corrected chi connectivity index (χ4v) is 3.45. The topological polar surface area (TPSA) is 30.7 Å². The largest absolute Gasteiger partial charge is 0.309 e. The minimum Gasteiger partial charge on any atom is -0.309 e. The first kappa shape index (κ1) is 16.1. The zero-order valence-corrected chi connectivity index (χ0v) is 14.5. The van der Waals surface area contributed by atoms with Gasteiger partial charge in [0.1, 0.15) is 5.82 Å². The molecule has 0 spiro atoms. The van der Waals surface area contributed by atoms with E-state index in [-0.39, 0.29) is 0 Å². The van der Waals surface area contributed by atoms with Gasteiger partial charge in [0.25, 0.3) is 0 Å². The number of thioether (sulfide) groups is 1. The number of hydrogen-bond donors (Lipinski definition) is 0. The number of nitrogens with zero attached hydrogens (tertiary/aromatic N) is 3. The lowest BCUT2D eigenvalue weighted by molar-refractivity contribution is 0.723. The lowest BCUT2D eigenvalue weighted by Crippen LogP contribution is -2.01. The van der Waals surface area contributed by atoms with Crippen molar-refractivity contribution in [2.75, 3.05) is 0 Å². The highest BCUT2D eigenvalue weighted by molar-refractivity contribution is 7.98. The number of aromatic nitrogens is 3. The van der Waals surface area contributed by atoms with Gasteiger partial charge in [0, 0.05) is 24.2 Å². The summed E-state index contributed by atoms with van der Waals surface area (Å²) >= 11 is 7.70. The van der Waals surface area contributed by atoms with Gasteiger partial charge in [0.15, 0.2) is 5.16 Å². The van der Waals surface area contributed by atoms with Crippen LogP contribution in [-0.4, -0.2) is 14.8 Å². The van der Waals surface area contributed by atoms with Gasteiger partial charge in [-0.1, -0.05) is 65.8 Å². The molecule has 0 fully saturated rings. The molecule has 118 valence electrons. The molecule has 1 aromatic heterocycles. The molecule has 0 aliphatic rings. The Labute approximate surface area is 145 Å². The van der Waals surface area contributed by atoms with Gasteiger partial charge < -0.3 is 4.57 Å². The van der Waals surface area contributed by atoms with E-state index in [4.69, 9.17) is 11.6 Å². The van der Waals surface area contributed by atoms with Crippen molar-refractivity contribution in [2.45, 2.75) is 23.8 Å². The van der Waals surface area contributed by atoms with Crippen LogP contribution >= 0.6 is 23.4 Å². The first-order valence-corrected chi connectivity index (χ1v) is 8.88. The van der Waals surface area contributed by atoms with E-state index in [1.807, 2.05) is 31.3 Å². The van der Waals surface area contributed by atoms with Crippen LogP contribution in [0.25, 0.3) is 0 Å². The maximum absolute atomic E-state index is 6.02. The van der Waals surface area contributed by atoms with Crippen LogP contribution in [0.1, 0.15) is 17.0 Å². The van der Waals surface area contributed by atoms with Crippen LogP contribution in [0.15, 0.2) is 59.8 Å². The summed E-state index contributed by atoms with van der Waals surface area (Å²) in [6.45, 7) is 0. The summed E-state index contributed by atoms with van der Waals surface area (Å²) in [6, 6.07) is 18.4. The quantitative estimate of drug-likeness (QED) is 0.615. The first-order valence-electron chi connectivity index (χ1n) is 7.52. The summed E-state index contributed by atoms with van der Waals surface area (Å²) in [7, 11) is 2.03. The molecule has 3 aromatic rings. The molecule has 0 amide bonds. The molecule has 1 heterocycles. The molecular formula is C18H18ClN3S. The molecule has 0 radical (unpaired) electrons. The SMILES string of the molecule is Cn1c(CCc2ccccc2)nnc1SCc1cccc(Cl)c1. The van der Waals surface area contributed by atoms with Crippen molar-refractivity contribution in [1.29, 1.82) is 0 Å². The highest BCUT2D eigenvalue weighted by Gasteiger charge is 2.09. The average Bonchev–Trinajstić information content (AvgIpc) is 2.92. The van der Waals surface area contributed by atoms with Gasteiger partial charge in [-0.05, 0) is 29.7 Å². The maximum atomic E-state index is 6.02. The number of halogens is 1. The van der Waals surface area contributed by atoms with Crippen molar-refractivity contribution >= 4 is 23.4 Å². The third-order valence-corrected chi connectivity index (χ3v) is 4.99. The molecule has 0 aliphatic heterocycles. The Bertz CT molecular complexity index is 771. The van der Waals surface area contributed by atoms with Crippen LogP contribution in [0.2, 0.25) is 5.02 Å². The zero-order valence-electron chi connectivity index (χ0n) is 12.9. The van der Waals surface area contributed by atoms with Gasteiger partial charge in [0.05, 0.1) is 0 Å². The molecule has 0 saturated heterocycles. The van der Waals surface area contributed by atoms with E-state index in [1.54, 1.807) is 11.8 Å². The summed E-state index contributed by atoms with van der Waals surface area (Å²) < 4.78 is 2.08. The molecule has 5 heteroatoms. The third kappa shape index (κ3) is 4.36.